The third-order valence-corrected chi connectivity index (χ3v) is 3.49. The summed E-state index contributed by atoms with van der Waals surface area (Å²) in [6, 6.07) is 10.4. The number of nitrogens with one attached hydrogen (secondary N) is 2. The minimum Gasteiger partial charge on any atom is -0.497 e. The number of amides is 2. The van der Waals surface area contributed by atoms with Crippen molar-refractivity contribution in [1.29, 1.82) is 0 Å². The summed E-state index contributed by atoms with van der Waals surface area (Å²) in [5, 5.41) is 9.99. The van der Waals surface area contributed by atoms with Gasteiger partial charge < -0.3 is 15.4 Å². The summed E-state index contributed by atoms with van der Waals surface area (Å²) in [6.45, 7) is 4.05. The summed E-state index contributed by atoms with van der Waals surface area (Å²) in [5.41, 5.74) is 1.89. The smallest absolute Gasteiger partial charge is 0.323 e. The Morgan fingerprint density at radius 2 is 1.92 bits per heavy atom. The number of methoxy groups -OCH3 is 1. The van der Waals surface area contributed by atoms with Crippen molar-refractivity contribution in [2.24, 2.45) is 0 Å². The van der Waals surface area contributed by atoms with Gasteiger partial charge in [-0.2, -0.15) is 5.10 Å². The third-order valence-electron chi connectivity index (χ3n) is 3.49. The van der Waals surface area contributed by atoms with Crippen molar-refractivity contribution in [3.05, 3.63) is 48.4 Å². The van der Waals surface area contributed by atoms with Crippen molar-refractivity contribution in [3.8, 4) is 5.75 Å². The second kappa shape index (κ2) is 6.57. The van der Waals surface area contributed by atoms with E-state index in [2.05, 4.69) is 20.7 Å². The minimum absolute atomic E-state index is 0.214. The van der Waals surface area contributed by atoms with Crippen LogP contribution in [0.15, 0.2) is 42.6 Å². The molecule has 0 aliphatic rings. The molecule has 0 aliphatic heterocycles. The molecule has 3 aromatic rings. The molecule has 0 saturated heterocycles. The van der Waals surface area contributed by atoms with E-state index >= 15 is 0 Å². The normalized spacial score (nSPS) is 10.8. The van der Waals surface area contributed by atoms with Crippen LogP contribution < -0.4 is 15.4 Å². The molecule has 0 bridgehead atoms. The number of hydrogen-bond donors (Lipinski definition) is 2. The number of pyridine rings is 1. The summed E-state index contributed by atoms with van der Waals surface area (Å²) in [6.07, 6.45) is 1.81. The van der Waals surface area contributed by atoms with Crippen molar-refractivity contribution in [2.45, 2.75) is 19.8 Å². The second-order valence-corrected chi connectivity index (χ2v) is 5.62. The van der Waals surface area contributed by atoms with E-state index in [0.29, 0.717) is 17.0 Å². The monoisotopic (exact) mass is 325 g/mol. The van der Waals surface area contributed by atoms with Crippen LogP contribution in [0.4, 0.5) is 16.2 Å². The zero-order chi connectivity index (χ0) is 17.1. The standard InChI is InChI=1S/C17H19N5O2/c1-11(2)15-20-16-14(5-4-10-22(16)21-15)19-17(23)18-12-6-8-13(24-3)9-7-12/h4-11H,1-3H3,(H2,18,19,23). The maximum absolute atomic E-state index is 12.2. The third kappa shape index (κ3) is 3.29. The van der Waals surface area contributed by atoms with Gasteiger partial charge in [0.1, 0.15) is 5.75 Å². The summed E-state index contributed by atoms with van der Waals surface area (Å²) >= 11 is 0. The fourth-order valence-corrected chi connectivity index (χ4v) is 2.22. The van der Waals surface area contributed by atoms with Gasteiger partial charge >= 0.3 is 6.03 Å². The number of rotatable bonds is 4. The molecule has 0 fully saturated rings. The molecule has 1 aromatic carbocycles. The minimum atomic E-state index is -0.345. The van der Waals surface area contributed by atoms with Gasteiger partial charge in [0.25, 0.3) is 0 Å². The van der Waals surface area contributed by atoms with Gasteiger partial charge in [0.05, 0.1) is 12.8 Å². The van der Waals surface area contributed by atoms with Crippen LogP contribution in [0.3, 0.4) is 0 Å². The number of nitrogens with zero attached hydrogens (tertiary/aromatic N) is 3. The van der Waals surface area contributed by atoms with E-state index in [1.165, 1.54) is 0 Å². The fraction of sp³-hybridized carbons (Fsp3) is 0.235. The predicted molar refractivity (Wildman–Crippen MR) is 92.7 cm³/mol. The van der Waals surface area contributed by atoms with Crippen LogP contribution in [0.25, 0.3) is 5.65 Å². The molecule has 0 unspecified atom stereocenters. The number of aromatic nitrogens is 3. The van der Waals surface area contributed by atoms with Gasteiger partial charge in [0.2, 0.25) is 0 Å². The Balaban J connectivity index is 1.77. The van der Waals surface area contributed by atoms with Crippen molar-refractivity contribution in [2.75, 3.05) is 17.7 Å². The molecule has 124 valence electrons. The number of ether oxygens (including phenoxy) is 1. The van der Waals surface area contributed by atoms with Gasteiger partial charge in [0, 0.05) is 17.8 Å². The molecule has 7 nitrogen and oxygen atoms in total. The van der Waals surface area contributed by atoms with Crippen LogP contribution in [0.1, 0.15) is 25.6 Å². The highest BCUT2D eigenvalue weighted by atomic mass is 16.5. The second-order valence-electron chi connectivity index (χ2n) is 5.62. The van der Waals surface area contributed by atoms with Crippen LogP contribution in [0.5, 0.6) is 5.75 Å². The van der Waals surface area contributed by atoms with Crippen molar-refractivity contribution < 1.29 is 9.53 Å². The zero-order valence-corrected chi connectivity index (χ0v) is 13.8. The Bertz CT molecular complexity index is 855. The lowest BCUT2D eigenvalue weighted by Crippen LogP contribution is -2.19. The topological polar surface area (TPSA) is 80.5 Å². The van der Waals surface area contributed by atoms with Gasteiger partial charge in [0.15, 0.2) is 11.5 Å². The average molecular weight is 325 g/mol. The van der Waals surface area contributed by atoms with Crippen molar-refractivity contribution in [1.82, 2.24) is 14.6 Å². The van der Waals surface area contributed by atoms with E-state index < -0.39 is 0 Å². The molecule has 24 heavy (non-hydrogen) atoms. The van der Waals surface area contributed by atoms with Crippen LogP contribution in [-0.4, -0.2) is 27.7 Å². The number of urea groups is 1. The van der Waals surface area contributed by atoms with E-state index in [1.54, 1.807) is 48.2 Å². The maximum Gasteiger partial charge on any atom is 0.323 e. The number of carbonyl (C=O) groups excluding carboxylic acids is 1. The first-order valence-electron chi connectivity index (χ1n) is 7.64. The van der Waals surface area contributed by atoms with E-state index in [0.717, 1.165) is 11.6 Å². The summed E-state index contributed by atoms with van der Waals surface area (Å²) in [4.78, 5) is 16.7. The lowest BCUT2D eigenvalue weighted by atomic mass is 10.2. The van der Waals surface area contributed by atoms with Crippen molar-refractivity contribution >= 4 is 23.1 Å². The van der Waals surface area contributed by atoms with Crippen LogP contribution in [0.2, 0.25) is 0 Å². The highest BCUT2D eigenvalue weighted by molar-refractivity contribution is 6.01. The molecule has 2 N–H and O–H groups in total. The largest absolute Gasteiger partial charge is 0.497 e. The first-order valence-corrected chi connectivity index (χ1v) is 7.64. The quantitative estimate of drug-likeness (QED) is 0.769. The highest BCUT2D eigenvalue weighted by Crippen LogP contribution is 2.19. The fourth-order valence-electron chi connectivity index (χ4n) is 2.22. The van der Waals surface area contributed by atoms with Crippen LogP contribution >= 0.6 is 0 Å². The number of fused-ring (bicyclic) bond motifs is 1. The lowest BCUT2D eigenvalue weighted by Gasteiger charge is -2.08. The van der Waals surface area contributed by atoms with E-state index in [9.17, 15) is 4.79 Å². The predicted octanol–water partition coefficient (Wildman–Crippen LogP) is 3.51. The van der Waals surface area contributed by atoms with Gasteiger partial charge in [-0.15, -0.1) is 0 Å². The molecule has 0 radical (unpaired) electrons. The van der Waals surface area contributed by atoms with Gasteiger partial charge in [-0.25, -0.2) is 14.3 Å². The average Bonchev–Trinajstić information content (AvgIpc) is 3.01. The van der Waals surface area contributed by atoms with Crippen LogP contribution in [-0.2, 0) is 0 Å². The number of hydrogen-bond acceptors (Lipinski definition) is 4. The molecular weight excluding hydrogens is 306 g/mol. The summed E-state index contributed by atoms with van der Waals surface area (Å²) in [7, 11) is 1.60. The van der Waals surface area contributed by atoms with E-state index in [4.69, 9.17) is 4.74 Å². The lowest BCUT2D eigenvalue weighted by molar-refractivity contribution is 0.262. The Morgan fingerprint density at radius 1 is 1.17 bits per heavy atom. The van der Waals surface area contributed by atoms with Crippen LogP contribution in [0, 0.1) is 0 Å². The van der Waals surface area contributed by atoms with Crippen molar-refractivity contribution in [3.63, 3.8) is 0 Å². The van der Waals surface area contributed by atoms with Gasteiger partial charge in [-0.3, -0.25) is 0 Å². The Kier molecular flexibility index (Phi) is 4.33. The van der Waals surface area contributed by atoms with E-state index in [1.807, 2.05) is 19.9 Å². The molecule has 0 aliphatic carbocycles. The van der Waals surface area contributed by atoms with Gasteiger partial charge in [-0.05, 0) is 36.4 Å². The molecule has 3 rings (SSSR count). The Hall–Kier alpha value is -3.09. The SMILES string of the molecule is COc1ccc(NC(=O)Nc2cccn3nc(C(C)C)nc23)cc1. The number of anilines is 2. The summed E-state index contributed by atoms with van der Waals surface area (Å²) < 4.78 is 6.76. The molecule has 0 saturated carbocycles. The maximum atomic E-state index is 12.2. The Labute approximate surface area is 139 Å². The first kappa shape index (κ1) is 15.8. The number of carbonyl (C=O) groups is 1. The van der Waals surface area contributed by atoms with E-state index in [-0.39, 0.29) is 11.9 Å². The first-order chi connectivity index (χ1) is 11.6. The zero-order valence-electron chi connectivity index (χ0n) is 13.8. The molecule has 2 aromatic heterocycles. The molecule has 0 spiro atoms. The highest BCUT2D eigenvalue weighted by Gasteiger charge is 2.12. The molecule has 7 heteroatoms. The molecule has 2 heterocycles. The Morgan fingerprint density at radius 3 is 2.58 bits per heavy atom. The van der Waals surface area contributed by atoms with Gasteiger partial charge in [-0.1, -0.05) is 13.8 Å². The molecule has 2 amide bonds. The molecular formula is C17H19N5O2. The molecule has 0 atom stereocenters. The number of benzene rings is 1. The summed E-state index contributed by atoms with van der Waals surface area (Å²) in [5.74, 6) is 1.68.